The van der Waals surface area contributed by atoms with E-state index in [9.17, 15) is 4.79 Å². The second-order valence-corrected chi connectivity index (χ2v) is 3.65. The lowest BCUT2D eigenvalue weighted by Gasteiger charge is -2.18. The van der Waals surface area contributed by atoms with Crippen LogP contribution in [0.25, 0.3) is 0 Å². The minimum atomic E-state index is -0.821. The molecular formula is C11H16N2O2. The van der Waals surface area contributed by atoms with Gasteiger partial charge in [-0.05, 0) is 5.56 Å². The predicted molar refractivity (Wildman–Crippen MR) is 57.8 cm³/mol. The first-order valence-corrected chi connectivity index (χ1v) is 4.86. The Balaban J connectivity index is 2.43. The zero-order valence-corrected chi connectivity index (χ0v) is 8.76. The van der Waals surface area contributed by atoms with Crippen molar-refractivity contribution < 1.29 is 9.90 Å². The van der Waals surface area contributed by atoms with E-state index in [4.69, 9.17) is 10.9 Å². The Morgan fingerprint density at radius 1 is 1.47 bits per heavy atom. The molecule has 0 aromatic heterocycles. The first kappa shape index (κ1) is 11.7. The molecule has 0 aliphatic carbocycles. The third-order valence-corrected chi connectivity index (χ3v) is 2.16. The summed E-state index contributed by atoms with van der Waals surface area (Å²) in [6, 6.07) is 9.73. The van der Waals surface area contributed by atoms with Crippen LogP contribution in [-0.4, -0.2) is 22.6 Å². The number of carboxylic acids is 1. The van der Waals surface area contributed by atoms with Gasteiger partial charge in [-0.2, -0.15) is 0 Å². The molecular weight excluding hydrogens is 192 g/mol. The van der Waals surface area contributed by atoms with Crippen LogP contribution in [0.4, 0.5) is 0 Å². The number of carbonyl (C=O) groups is 1. The van der Waals surface area contributed by atoms with Crippen LogP contribution < -0.4 is 5.84 Å². The molecule has 1 atom stereocenters. The van der Waals surface area contributed by atoms with Crippen molar-refractivity contribution in [2.45, 2.75) is 13.5 Å². The van der Waals surface area contributed by atoms with Gasteiger partial charge in [0.1, 0.15) is 0 Å². The second-order valence-electron chi connectivity index (χ2n) is 3.65. The Kier molecular flexibility index (Phi) is 4.27. The zero-order chi connectivity index (χ0) is 11.3. The minimum Gasteiger partial charge on any atom is -0.481 e. The summed E-state index contributed by atoms with van der Waals surface area (Å²) in [5.41, 5.74) is 1.08. The van der Waals surface area contributed by atoms with Gasteiger partial charge in [0, 0.05) is 13.1 Å². The molecule has 0 fully saturated rings. The maximum atomic E-state index is 10.6. The number of hydrogen-bond donors (Lipinski definition) is 2. The van der Waals surface area contributed by atoms with E-state index >= 15 is 0 Å². The fraction of sp³-hybridized carbons (Fsp3) is 0.364. The van der Waals surface area contributed by atoms with Crippen LogP contribution in [0.2, 0.25) is 0 Å². The van der Waals surface area contributed by atoms with E-state index in [1.54, 1.807) is 6.92 Å². The zero-order valence-electron chi connectivity index (χ0n) is 8.76. The van der Waals surface area contributed by atoms with Crippen LogP contribution in [0.15, 0.2) is 30.3 Å². The average molecular weight is 208 g/mol. The summed E-state index contributed by atoms with van der Waals surface area (Å²) in [5, 5.41) is 10.2. The molecule has 4 heteroatoms. The molecule has 1 aromatic rings. The van der Waals surface area contributed by atoms with Crippen molar-refractivity contribution in [3.05, 3.63) is 35.9 Å². The lowest BCUT2D eigenvalue weighted by atomic mass is 10.1. The number of carboxylic acid groups (broad SMARTS) is 1. The minimum absolute atomic E-state index is 0.351. The van der Waals surface area contributed by atoms with Gasteiger partial charge < -0.3 is 5.11 Å². The standard InChI is InChI=1S/C11H16N2O2/c1-9(11(14)15)7-13(12)8-10-5-3-2-4-6-10/h2-6,9H,7-8,12H2,1H3,(H,14,15). The van der Waals surface area contributed by atoms with Gasteiger partial charge in [0.15, 0.2) is 0 Å². The van der Waals surface area contributed by atoms with Gasteiger partial charge in [-0.1, -0.05) is 37.3 Å². The molecule has 0 aliphatic heterocycles. The van der Waals surface area contributed by atoms with Crippen LogP contribution in [-0.2, 0) is 11.3 Å². The molecule has 0 amide bonds. The molecule has 82 valence electrons. The normalized spacial score (nSPS) is 12.7. The largest absolute Gasteiger partial charge is 0.481 e. The lowest BCUT2D eigenvalue weighted by Crippen LogP contribution is -2.36. The van der Waals surface area contributed by atoms with E-state index < -0.39 is 11.9 Å². The quantitative estimate of drug-likeness (QED) is 0.561. The highest BCUT2D eigenvalue weighted by Gasteiger charge is 2.13. The topological polar surface area (TPSA) is 66.6 Å². The highest BCUT2D eigenvalue weighted by molar-refractivity contribution is 5.69. The van der Waals surface area contributed by atoms with Crippen LogP contribution in [0.5, 0.6) is 0 Å². The molecule has 0 spiro atoms. The van der Waals surface area contributed by atoms with Crippen molar-refractivity contribution in [1.29, 1.82) is 0 Å². The fourth-order valence-corrected chi connectivity index (χ4v) is 1.31. The monoisotopic (exact) mass is 208 g/mol. The number of benzene rings is 1. The summed E-state index contributed by atoms with van der Waals surface area (Å²) in [6.45, 7) is 2.57. The Labute approximate surface area is 89.3 Å². The third-order valence-electron chi connectivity index (χ3n) is 2.16. The Bertz CT molecular complexity index is 314. The van der Waals surface area contributed by atoms with E-state index in [0.29, 0.717) is 13.1 Å². The number of nitrogens with zero attached hydrogens (tertiary/aromatic N) is 1. The Hall–Kier alpha value is -1.39. The molecule has 1 rings (SSSR count). The fourth-order valence-electron chi connectivity index (χ4n) is 1.31. The third kappa shape index (κ3) is 4.10. The smallest absolute Gasteiger partial charge is 0.307 e. The number of hydrogen-bond acceptors (Lipinski definition) is 3. The molecule has 1 unspecified atom stereocenters. The van der Waals surface area contributed by atoms with Gasteiger partial charge in [0.25, 0.3) is 0 Å². The maximum absolute atomic E-state index is 10.6. The summed E-state index contributed by atoms with van der Waals surface area (Å²) in [7, 11) is 0. The van der Waals surface area contributed by atoms with Gasteiger partial charge >= 0.3 is 5.97 Å². The summed E-state index contributed by atoms with van der Waals surface area (Å²) in [4.78, 5) is 10.6. The molecule has 4 nitrogen and oxygen atoms in total. The number of aliphatic carboxylic acids is 1. The Morgan fingerprint density at radius 2 is 2.07 bits per heavy atom. The van der Waals surface area contributed by atoms with Crippen LogP contribution >= 0.6 is 0 Å². The molecule has 0 bridgehead atoms. The average Bonchev–Trinajstić information content (AvgIpc) is 2.18. The van der Waals surface area contributed by atoms with Gasteiger partial charge in [-0.15, -0.1) is 0 Å². The van der Waals surface area contributed by atoms with E-state index in [1.165, 1.54) is 5.01 Å². The SMILES string of the molecule is CC(CN(N)Cc1ccccc1)C(=O)O. The molecule has 0 aliphatic rings. The number of nitrogens with two attached hydrogens (primary N) is 1. The first-order valence-electron chi connectivity index (χ1n) is 4.86. The van der Waals surface area contributed by atoms with Crippen LogP contribution in [0.1, 0.15) is 12.5 Å². The summed E-state index contributed by atoms with van der Waals surface area (Å²) >= 11 is 0. The highest BCUT2D eigenvalue weighted by atomic mass is 16.4. The van der Waals surface area contributed by atoms with E-state index in [2.05, 4.69) is 0 Å². The lowest BCUT2D eigenvalue weighted by molar-refractivity contribution is -0.141. The van der Waals surface area contributed by atoms with Crippen molar-refractivity contribution in [2.24, 2.45) is 11.8 Å². The van der Waals surface area contributed by atoms with Crippen molar-refractivity contribution in [2.75, 3.05) is 6.54 Å². The van der Waals surface area contributed by atoms with E-state index in [0.717, 1.165) is 5.56 Å². The highest BCUT2D eigenvalue weighted by Crippen LogP contribution is 2.03. The number of rotatable bonds is 5. The van der Waals surface area contributed by atoms with Crippen molar-refractivity contribution in [3.8, 4) is 0 Å². The number of hydrazine groups is 1. The summed E-state index contributed by atoms with van der Waals surface area (Å²) in [5.74, 6) is 4.45. The molecule has 3 N–H and O–H groups in total. The molecule has 0 saturated heterocycles. The molecule has 1 aromatic carbocycles. The molecule has 0 saturated carbocycles. The van der Waals surface area contributed by atoms with Crippen molar-refractivity contribution in [3.63, 3.8) is 0 Å². The summed E-state index contributed by atoms with van der Waals surface area (Å²) in [6.07, 6.45) is 0. The van der Waals surface area contributed by atoms with Crippen LogP contribution in [0.3, 0.4) is 0 Å². The Morgan fingerprint density at radius 3 is 2.60 bits per heavy atom. The van der Waals surface area contributed by atoms with Gasteiger partial charge in [-0.3, -0.25) is 10.6 Å². The molecule has 0 heterocycles. The predicted octanol–water partition coefficient (Wildman–Crippen LogP) is 1.08. The second kappa shape index (κ2) is 5.48. The van der Waals surface area contributed by atoms with Crippen molar-refractivity contribution in [1.82, 2.24) is 5.01 Å². The van der Waals surface area contributed by atoms with Crippen LogP contribution in [0, 0.1) is 5.92 Å². The summed E-state index contributed by atoms with van der Waals surface area (Å²) < 4.78 is 0. The van der Waals surface area contributed by atoms with Gasteiger partial charge in [0.2, 0.25) is 0 Å². The van der Waals surface area contributed by atoms with E-state index in [-0.39, 0.29) is 0 Å². The van der Waals surface area contributed by atoms with Gasteiger partial charge in [0.05, 0.1) is 5.92 Å². The first-order chi connectivity index (χ1) is 7.09. The van der Waals surface area contributed by atoms with Crippen molar-refractivity contribution >= 4 is 5.97 Å². The maximum Gasteiger partial charge on any atom is 0.307 e. The van der Waals surface area contributed by atoms with Gasteiger partial charge in [-0.25, -0.2) is 5.01 Å². The van der Waals surface area contributed by atoms with E-state index in [1.807, 2.05) is 30.3 Å². The molecule has 0 radical (unpaired) electrons. The molecule has 15 heavy (non-hydrogen) atoms.